The van der Waals surface area contributed by atoms with Gasteiger partial charge in [0.05, 0.1) is 13.4 Å². The maximum atomic E-state index is 4.71. The number of hydrogen-bond donors (Lipinski definition) is 0. The highest BCUT2D eigenvalue weighted by atomic mass is 16.5. The Morgan fingerprint density at radius 2 is 1.91 bits per heavy atom. The molecule has 11 heavy (non-hydrogen) atoms. The molecule has 1 unspecified atom stereocenters. The first kappa shape index (κ1) is 10.2. The fraction of sp³-hybridized carbons (Fsp3) is 0.667. The van der Waals surface area contributed by atoms with Crippen LogP contribution in [0.1, 0.15) is 20.8 Å². The first-order valence-electron chi connectivity index (χ1n) is 3.89. The lowest BCUT2D eigenvalue weighted by molar-refractivity contribution is 0.338. The Morgan fingerprint density at radius 3 is 2.36 bits per heavy atom. The SMILES string of the molecule is CO/C=C/C=NC(C)C(C)C. The minimum atomic E-state index is 0.386. The maximum absolute atomic E-state index is 4.71. The monoisotopic (exact) mass is 155 g/mol. The second-order valence-electron chi connectivity index (χ2n) is 2.85. The van der Waals surface area contributed by atoms with Crippen LogP contribution in [-0.2, 0) is 4.74 Å². The minimum Gasteiger partial charge on any atom is -0.504 e. The molecule has 0 N–H and O–H groups in total. The zero-order valence-electron chi connectivity index (χ0n) is 7.74. The molecule has 0 saturated carbocycles. The van der Waals surface area contributed by atoms with Crippen molar-refractivity contribution in [3.63, 3.8) is 0 Å². The van der Waals surface area contributed by atoms with E-state index >= 15 is 0 Å². The van der Waals surface area contributed by atoms with Crippen molar-refractivity contribution in [2.24, 2.45) is 10.9 Å². The quantitative estimate of drug-likeness (QED) is 0.451. The Morgan fingerprint density at radius 1 is 1.27 bits per heavy atom. The molecule has 0 saturated heterocycles. The van der Waals surface area contributed by atoms with Crippen molar-refractivity contribution in [1.29, 1.82) is 0 Å². The average molecular weight is 155 g/mol. The summed E-state index contributed by atoms with van der Waals surface area (Å²) in [5.74, 6) is 0.599. The average Bonchev–Trinajstić information content (AvgIpc) is 1.97. The van der Waals surface area contributed by atoms with Gasteiger partial charge in [0.1, 0.15) is 0 Å². The van der Waals surface area contributed by atoms with Crippen LogP contribution in [0.3, 0.4) is 0 Å². The molecule has 0 aromatic heterocycles. The Hall–Kier alpha value is -0.790. The summed E-state index contributed by atoms with van der Waals surface area (Å²) in [6.07, 6.45) is 5.17. The maximum Gasteiger partial charge on any atom is 0.0839 e. The van der Waals surface area contributed by atoms with Crippen molar-refractivity contribution in [2.75, 3.05) is 7.11 Å². The highest BCUT2D eigenvalue weighted by Gasteiger charge is 2.01. The minimum absolute atomic E-state index is 0.386. The number of ether oxygens (including phenoxy) is 1. The van der Waals surface area contributed by atoms with Crippen LogP contribution < -0.4 is 0 Å². The van der Waals surface area contributed by atoms with E-state index in [0.29, 0.717) is 12.0 Å². The molecule has 0 bridgehead atoms. The van der Waals surface area contributed by atoms with Crippen molar-refractivity contribution in [2.45, 2.75) is 26.8 Å². The third kappa shape index (κ3) is 5.64. The zero-order valence-corrected chi connectivity index (χ0v) is 7.74. The smallest absolute Gasteiger partial charge is 0.0839 e. The van der Waals surface area contributed by atoms with Crippen molar-refractivity contribution < 1.29 is 4.74 Å². The van der Waals surface area contributed by atoms with Gasteiger partial charge in [-0.25, -0.2) is 0 Å². The fourth-order valence-corrected chi connectivity index (χ4v) is 0.471. The second-order valence-corrected chi connectivity index (χ2v) is 2.85. The van der Waals surface area contributed by atoms with E-state index in [1.807, 2.05) is 0 Å². The largest absolute Gasteiger partial charge is 0.504 e. The van der Waals surface area contributed by atoms with Gasteiger partial charge in [0.25, 0.3) is 0 Å². The van der Waals surface area contributed by atoms with E-state index in [9.17, 15) is 0 Å². The zero-order chi connectivity index (χ0) is 8.69. The Balaban J connectivity index is 3.64. The van der Waals surface area contributed by atoms with E-state index in [-0.39, 0.29) is 0 Å². The highest BCUT2D eigenvalue weighted by Crippen LogP contribution is 2.03. The summed E-state index contributed by atoms with van der Waals surface area (Å²) in [5.41, 5.74) is 0. The van der Waals surface area contributed by atoms with E-state index in [4.69, 9.17) is 4.74 Å². The van der Waals surface area contributed by atoms with Gasteiger partial charge in [-0.05, 0) is 18.9 Å². The van der Waals surface area contributed by atoms with Crippen molar-refractivity contribution in [1.82, 2.24) is 0 Å². The Labute approximate surface area is 69.0 Å². The van der Waals surface area contributed by atoms with E-state index in [1.54, 1.807) is 25.7 Å². The molecule has 0 aliphatic rings. The molecule has 0 aliphatic heterocycles. The summed E-state index contributed by atoms with van der Waals surface area (Å²) in [5, 5.41) is 0. The van der Waals surface area contributed by atoms with Crippen LogP contribution >= 0.6 is 0 Å². The van der Waals surface area contributed by atoms with Crippen LogP contribution in [-0.4, -0.2) is 19.4 Å². The van der Waals surface area contributed by atoms with Crippen LogP contribution in [0.2, 0.25) is 0 Å². The number of nitrogens with zero attached hydrogens (tertiary/aromatic N) is 1. The van der Waals surface area contributed by atoms with Crippen molar-refractivity contribution in [3.05, 3.63) is 12.3 Å². The van der Waals surface area contributed by atoms with Crippen LogP contribution in [0.5, 0.6) is 0 Å². The van der Waals surface area contributed by atoms with Gasteiger partial charge in [-0.1, -0.05) is 13.8 Å². The third-order valence-electron chi connectivity index (χ3n) is 1.59. The second kappa shape index (κ2) is 5.96. The summed E-state index contributed by atoms with van der Waals surface area (Å²) >= 11 is 0. The van der Waals surface area contributed by atoms with E-state index in [1.165, 1.54) is 0 Å². The number of methoxy groups -OCH3 is 1. The first-order chi connectivity index (χ1) is 5.18. The topological polar surface area (TPSA) is 21.6 Å². The van der Waals surface area contributed by atoms with E-state index in [0.717, 1.165) is 0 Å². The summed E-state index contributed by atoms with van der Waals surface area (Å²) < 4.78 is 4.71. The summed E-state index contributed by atoms with van der Waals surface area (Å²) in [4.78, 5) is 4.27. The van der Waals surface area contributed by atoms with Gasteiger partial charge in [-0.2, -0.15) is 0 Å². The lowest BCUT2D eigenvalue weighted by Gasteiger charge is -2.07. The molecule has 1 atom stereocenters. The van der Waals surface area contributed by atoms with Crippen molar-refractivity contribution >= 4 is 6.21 Å². The molecule has 0 aromatic rings. The van der Waals surface area contributed by atoms with Gasteiger partial charge >= 0.3 is 0 Å². The van der Waals surface area contributed by atoms with Crippen molar-refractivity contribution in [3.8, 4) is 0 Å². The third-order valence-corrected chi connectivity index (χ3v) is 1.59. The molecular weight excluding hydrogens is 138 g/mol. The molecule has 0 aliphatic carbocycles. The predicted octanol–water partition coefficient (Wildman–Crippen LogP) is 2.26. The van der Waals surface area contributed by atoms with Crippen LogP contribution in [0, 0.1) is 5.92 Å². The first-order valence-corrected chi connectivity index (χ1v) is 3.89. The van der Waals surface area contributed by atoms with Gasteiger partial charge in [0.2, 0.25) is 0 Å². The van der Waals surface area contributed by atoms with Gasteiger partial charge < -0.3 is 4.74 Å². The molecule has 0 fully saturated rings. The Kier molecular flexibility index (Phi) is 5.53. The van der Waals surface area contributed by atoms with Gasteiger partial charge in [0, 0.05) is 12.3 Å². The molecule has 0 rings (SSSR count). The highest BCUT2D eigenvalue weighted by molar-refractivity contribution is 5.70. The molecular formula is C9H17NO. The molecule has 0 aromatic carbocycles. The standard InChI is InChI=1S/C9H17NO/c1-8(2)9(3)10-6-5-7-11-4/h5-9H,1-4H3/b7-5+,10-6?. The number of allylic oxidation sites excluding steroid dienone is 1. The van der Waals surface area contributed by atoms with Crippen LogP contribution in [0.15, 0.2) is 17.3 Å². The van der Waals surface area contributed by atoms with Crippen LogP contribution in [0.25, 0.3) is 0 Å². The Bertz CT molecular complexity index is 138. The number of hydrogen-bond acceptors (Lipinski definition) is 2. The van der Waals surface area contributed by atoms with Gasteiger partial charge in [-0.15, -0.1) is 0 Å². The lowest BCUT2D eigenvalue weighted by Crippen LogP contribution is -2.06. The van der Waals surface area contributed by atoms with E-state index in [2.05, 4.69) is 25.8 Å². The molecule has 2 nitrogen and oxygen atoms in total. The van der Waals surface area contributed by atoms with Gasteiger partial charge in [-0.3, -0.25) is 4.99 Å². The predicted molar refractivity (Wildman–Crippen MR) is 48.9 cm³/mol. The molecule has 0 spiro atoms. The summed E-state index contributed by atoms with van der Waals surface area (Å²) in [7, 11) is 1.62. The normalized spacial score (nSPS) is 15.0. The fourth-order valence-electron chi connectivity index (χ4n) is 0.471. The summed E-state index contributed by atoms with van der Waals surface area (Å²) in [6.45, 7) is 6.41. The lowest BCUT2D eigenvalue weighted by atomic mass is 10.1. The molecule has 64 valence electrons. The molecule has 0 heterocycles. The van der Waals surface area contributed by atoms with Crippen LogP contribution in [0.4, 0.5) is 0 Å². The molecule has 0 amide bonds. The molecule has 2 heteroatoms. The summed E-state index contributed by atoms with van der Waals surface area (Å²) in [6, 6.07) is 0.386. The van der Waals surface area contributed by atoms with E-state index < -0.39 is 0 Å². The molecule has 0 radical (unpaired) electrons. The number of rotatable bonds is 4. The number of aliphatic imine (C=N–C) groups is 1. The van der Waals surface area contributed by atoms with Gasteiger partial charge in [0.15, 0.2) is 0 Å².